The van der Waals surface area contributed by atoms with Crippen LogP contribution in [0.4, 0.5) is 0 Å². The molecule has 0 spiro atoms. The molecule has 0 aliphatic carbocycles. The van der Waals surface area contributed by atoms with Crippen LogP contribution in [0, 0.1) is 0 Å². The van der Waals surface area contributed by atoms with E-state index >= 15 is 0 Å². The van der Waals surface area contributed by atoms with Crippen molar-refractivity contribution in [3.63, 3.8) is 0 Å². The number of methoxy groups -OCH3 is 1. The summed E-state index contributed by atoms with van der Waals surface area (Å²) >= 11 is 0. The third kappa shape index (κ3) is 4.90. The van der Waals surface area contributed by atoms with Gasteiger partial charge in [-0.05, 0) is 98.4 Å². The molecule has 8 nitrogen and oxygen atoms in total. The fourth-order valence-corrected chi connectivity index (χ4v) is 6.86. The summed E-state index contributed by atoms with van der Waals surface area (Å²) in [4.78, 5) is 4.57. The molecule has 8 heteroatoms. The van der Waals surface area contributed by atoms with Crippen LogP contribution < -0.4 is 14.2 Å². The number of hydrogen-bond donors (Lipinski definition) is 3. The van der Waals surface area contributed by atoms with Crippen molar-refractivity contribution in [2.75, 3.05) is 34.3 Å². The molecule has 2 unspecified atom stereocenters. The van der Waals surface area contributed by atoms with Gasteiger partial charge < -0.3 is 29.5 Å². The average molecular weight is 581 g/mol. The van der Waals surface area contributed by atoms with Crippen LogP contribution >= 0.6 is 0 Å². The van der Waals surface area contributed by atoms with Crippen LogP contribution in [0.15, 0.2) is 60.7 Å². The molecule has 3 N–H and O–H groups in total. The summed E-state index contributed by atoms with van der Waals surface area (Å²) in [6.07, 6.45) is 2.87. The number of rotatable bonds is 1. The van der Waals surface area contributed by atoms with Gasteiger partial charge >= 0.3 is 0 Å². The second-order valence-electron chi connectivity index (χ2n) is 11.9. The minimum atomic E-state index is -0.116. The van der Waals surface area contributed by atoms with Gasteiger partial charge in [-0.25, -0.2) is 0 Å². The Labute approximate surface area is 251 Å². The van der Waals surface area contributed by atoms with Gasteiger partial charge in [0.2, 0.25) is 5.75 Å². The molecule has 43 heavy (non-hydrogen) atoms. The predicted molar refractivity (Wildman–Crippen MR) is 163 cm³/mol. The summed E-state index contributed by atoms with van der Waals surface area (Å²) in [5.74, 6) is 2.44. The second kappa shape index (κ2) is 10.7. The molecule has 8 rings (SSSR count). The van der Waals surface area contributed by atoms with Crippen LogP contribution in [-0.2, 0) is 25.7 Å². The molecule has 4 aromatic rings. The number of phenolic OH excluding ortho intramolecular Hbond substituents is 3. The Kier molecular flexibility index (Phi) is 6.83. The molecule has 4 aliphatic rings. The first-order valence-corrected chi connectivity index (χ1v) is 14.7. The molecule has 4 heterocycles. The van der Waals surface area contributed by atoms with Gasteiger partial charge in [-0.2, -0.15) is 0 Å². The molecule has 0 fully saturated rings. The molecular formula is C35H36N2O6. The van der Waals surface area contributed by atoms with Crippen molar-refractivity contribution in [2.24, 2.45) is 0 Å². The Hall–Kier alpha value is -4.40. The Morgan fingerprint density at radius 1 is 0.721 bits per heavy atom. The van der Waals surface area contributed by atoms with Crippen LogP contribution in [0.3, 0.4) is 0 Å². The molecule has 0 amide bonds. The van der Waals surface area contributed by atoms with E-state index in [-0.39, 0.29) is 29.3 Å². The zero-order valence-corrected chi connectivity index (χ0v) is 24.6. The molecular weight excluding hydrogens is 544 g/mol. The summed E-state index contributed by atoms with van der Waals surface area (Å²) in [7, 11) is 5.73. The number of ether oxygens (including phenoxy) is 3. The van der Waals surface area contributed by atoms with Gasteiger partial charge in [-0.1, -0.05) is 18.2 Å². The normalized spacial score (nSPS) is 19.9. The lowest BCUT2D eigenvalue weighted by Gasteiger charge is -2.36. The van der Waals surface area contributed by atoms with E-state index in [0.717, 1.165) is 59.3 Å². The van der Waals surface area contributed by atoms with Gasteiger partial charge in [-0.15, -0.1) is 0 Å². The Morgan fingerprint density at radius 2 is 1.37 bits per heavy atom. The van der Waals surface area contributed by atoms with Crippen LogP contribution in [0.5, 0.6) is 46.0 Å². The third-order valence-corrected chi connectivity index (χ3v) is 9.22. The number of phenols is 3. The third-order valence-electron chi connectivity index (χ3n) is 9.22. The van der Waals surface area contributed by atoms with Crippen molar-refractivity contribution in [3.8, 4) is 46.0 Å². The Bertz CT molecular complexity index is 1700. The standard InChI is InChI=1S/C35H36N2O6/c1-36-12-10-22-17-24(38)19-30-32(22)26(36)14-20-4-7-25(8-5-20)42-35-33-23(18-31(41-3)34(35)40)11-13-37(2)27(33)15-21-6-9-28(39)29(16-21)43-30/h4-9,16-19,26-27,38-40H,10-15H2,1-3H3. The van der Waals surface area contributed by atoms with Gasteiger partial charge in [0, 0.05) is 42.4 Å². The van der Waals surface area contributed by atoms with Gasteiger partial charge in [0.25, 0.3) is 0 Å². The van der Waals surface area contributed by atoms with Gasteiger partial charge in [0.15, 0.2) is 23.0 Å². The second-order valence-corrected chi connectivity index (χ2v) is 11.9. The highest BCUT2D eigenvalue weighted by molar-refractivity contribution is 5.62. The first-order valence-electron chi connectivity index (χ1n) is 14.7. The Balaban J connectivity index is 1.43. The largest absolute Gasteiger partial charge is 0.508 e. The van der Waals surface area contributed by atoms with Crippen molar-refractivity contribution in [1.82, 2.24) is 9.80 Å². The van der Waals surface area contributed by atoms with Crippen molar-refractivity contribution in [1.29, 1.82) is 0 Å². The first kappa shape index (κ1) is 27.4. The fraction of sp³-hybridized carbons (Fsp3) is 0.314. The average Bonchev–Trinajstić information content (AvgIpc) is 2.99. The molecule has 0 radical (unpaired) electrons. The SMILES string of the molecule is COc1cc2c3c(c1O)Oc1ccc(cc1)CC1c4c(cc(O)cc4Oc4cc(ccc4O)CC3N(C)CC2)CCN1C. The van der Waals surface area contributed by atoms with E-state index < -0.39 is 0 Å². The van der Waals surface area contributed by atoms with Gasteiger partial charge in [0.1, 0.15) is 17.2 Å². The van der Waals surface area contributed by atoms with Crippen LogP contribution in [-0.4, -0.2) is 59.4 Å². The van der Waals surface area contributed by atoms with E-state index in [4.69, 9.17) is 14.2 Å². The minimum Gasteiger partial charge on any atom is -0.508 e. The van der Waals surface area contributed by atoms with Crippen molar-refractivity contribution >= 4 is 0 Å². The van der Waals surface area contributed by atoms with Gasteiger partial charge in [-0.3, -0.25) is 9.80 Å². The predicted octanol–water partition coefficient (Wildman–Crippen LogP) is 6.25. The zero-order chi connectivity index (χ0) is 29.8. The van der Waals surface area contributed by atoms with E-state index in [2.05, 4.69) is 36.0 Å². The highest BCUT2D eigenvalue weighted by atomic mass is 16.5. The molecule has 0 aromatic heterocycles. The molecule has 222 valence electrons. The van der Waals surface area contributed by atoms with E-state index in [1.165, 1.54) is 0 Å². The van der Waals surface area contributed by atoms with Crippen molar-refractivity contribution in [3.05, 3.63) is 94.0 Å². The highest BCUT2D eigenvalue weighted by Crippen LogP contribution is 2.50. The quantitative estimate of drug-likeness (QED) is 0.243. The molecule has 4 aliphatic heterocycles. The number of benzene rings is 4. The lowest BCUT2D eigenvalue weighted by molar-refractivity contribution is 0.222. The van der Waals surface area contributed by atoms with E-state index in [0.29, 0.717) is 41.6 Å². The van der Waals surface area contributed by atoms with E-state index in [1.807, 2.05) is 36.4 Å². The van der Waals surface area contributed by atoms with Crippen molar-refractivity contribution < 1.29 is 29.5 Å². The number of hydrogen-bond acceptors (Lipinski definition) is 8. The van der Waals surface area contributed by atoms with Crippen LogP contribution in [0.2, 0.25) is 0 Å². The summed E-state index contributed by atoms with van der Waals surface area (Å²) in [5.41, 5.74) is 6.11. The first-order chi connectivity index (χ1) is 20.8. The minimum absolute atomic E-state index is 0.00384. The number of fused-ring (bicyclic) bond motifs is 2. The monoisotopic (exact) mass is 580 g/mol. The maximum Gasteiger partial charge on any atom is 0.201 e. The van der Waals surface area contributed by atoms with Gasteiger partial charge in [0.05, 0.1) is 7.11 Å². The molecule has 0 saturated heterocycles. The smallest absolute Gasteiger partial charge is 0.201 e. The lowest BCUT2D eigenvalue weighted by Crippen LogP contribution is -2.33. The zero-order valence-electron chi connectivity index (χ0n) is 24.6. The summed E-state index contributed by atoms with van der Waals surface area (Å²) in [6.45, 7) is 1.67. The lowest BCUT2D eigenvalue weighted by atomic mass is 9.87. The Morgan fingerprint density at radius 3 is 2.09 bits per heavy atom. The summed E-state index contributed by atoms with van der Waals surface area (Å²) < 4.78 is 18.5. The summed E-state index contributed by atoms with van der Waals surface area (Å²) in [5, 5.41) is 32.9. The highest BCUT2D eigenvalue weighted by Gasteiger charge is 2.34. The number of likely N-dealkylation sites (N-methyl/N-ethyl adjacent to an activating group) is 2. The van der Waals surface area contributed by atoms with Crippen molar-refractivity contribution in [2.45, 2.75) is 37.8 Å². The van der Waals surface area contributed by atoms with Crippen LogP contribution in [0.1, 0.15) is 45.5 Å². The van der Waals surface area contributed by atoms with E-state index in [1.54, 1.807) is 19.2 Å². The molecule has 4 bridgehead atoms. The maximum atomic E-state index is 11.3. The number of nitrogens with zero attached hydrogens (tertiary/aromatic N) is 2. The topological polar surface area (TPSA) is 94.9 Å². The fourth-order valence-electron chi connectivity index (χ4n) is 6.86. The summed E-state index contributed by atoms with van der Waals surface area (Å²) in [6, 6.07) is 18.7. The number of aromatic hydroxyl groups is 3. The molecule has 2 atom stereocenters. The molecule has 4 aromatic carbocycles. The van der Waals surface area contributed by atoms with E-state index in [9.17, 15) is 15.3 Å². The maximum absolute atomic E-state index is 11.3. The molecule has 0 saturated carbocycles. The van der Waals surface area contributed by atoms with Crippen LogP contribution in [0.25, 0.3) is 0 Å².